The summed E-state index contributed by atoms with van der Waals surface area (Å²) in [6, 6.07) is -0.610. The molecule has 0 aromatic carbocycles. The van der Waals surface area contributed by atoms with Gasteiger partial charge >= 0.3 is 0 Å². The van der Waals surface area contributed by atoms with E-state index in [0.717, 1.165) is 24.9 Å². The van der Waals surface area contributed by atoms with Crippen molar-refractivity contribution in [1.82, 2.24) is 21.2 Å². The number of rotatable bonds is 12. The van der Waals surface area contributed by atoms with Crippen molar-refractivity contribution < 1.29 is 14.4 Å². The van der Waals surface area contributed by atoms with Crippen molar-refractivity contribution in [3.63, 3.8) is 0 Å². The van der Waals surface area contributed by atoms with Crippen LogP contribution in [-0.2, 0) is 14.4 Å². The molecule has 2 saturated carbocycles. The lowest BCUT2D eigenvalue weighted by Crippen LogP contribution is -2.56. The molecular formula is C52H96BN4O3. The van der Waals surface area contributed by atoms with Crippen LogP contribution in [0.4, 0.5) is 0 Å². The molecule has 60 heavy (non-hydrogen) atoms. The fourth-order valence-electron chi connectivity index (χ4n) is 11.5. The Morgan fingerprint density at radius 3 is 1.57 bits per heavy atom. The molecule has 4 N–H and O–H groups in total. The van der Waals surface area contributed by atoms with Gasteiger partial charge in [0.2, 0.25) is 25.1 Å². The topological polar surface area (TPSA) is 99.3 Å². The lowest BCUT2D eigenvalue weighted by molar-refractivity contribution is -0.128. The van der Waals surface area contributed by atoms with Crippen LogP contribution < -0.4 is 21.2 Å². The van der Waals surface area contributed by atoms with E-state index in [9.17, 15) is 14.4 Å². The average molecular weight is 836 g/mol. The normalized spacial score (nSPS) is 26.9. The van der Waals surface area contributed by atoms with E-state index in [1.165, 1.54) is 225 Å². The molecule has 2 fully saturated rings. The van der Waals surface area contributed by atoms with Gasteiger partial charge in [-0.25, -0.2) is 0 Å². The fourth-order valence-corrected chi connectivity index (χ4v) is 11.5. The Hall–Kier alpha value is -1.83. The molecule has 1 unspecified atom stereocenters. The summed E-state index contributed by atoms with van der Waals surface area (Å²) in [6.07, 6.45) is 51.7. The summed E-state index contributed by atoms with van der Waals surface area (Å²) >= 11 is 0. The van der Waals surface area contributed by atoms with E-state index < -0.39 is 6.04 Å². The van der Waals surface area contributed by atoms with Gasteiger partial charge < -0.3 is 21.2 Å². The van der Waals surface area contributed by atoms with E-state index in [0.29, 0.717) is 19.3 Å². The van der Waals surface area contributed by atoms with Gasteiger partial charge in [0.05, 0.1) is 0 Å². The van der Waals surface area contributed by atoms with Crippen LogP contribution in [-0.4, -0.2) is 51.3 Å². The second-order valence-electron chi connectivity index (χ2n) is 20.1. The van der Waals surface area contributed by atoms with Gasteiger partial charge in [-0.05, 0) is 106 Å². The number of hydrogen-bond donors (Lipinski definition) is 4. The SMILES string of the molecule is C[B]NCC1(C2(CNC(=O)CCC[C@H](NC(C)=O)C(=O)NC)CCCCCCCCCCCCCC/C=C\CCCC3CC(C3)C2)CCCCCCCCCCCCCC1. The van der Waals surface area contributed by atoms with Crippen molar-refractivity contribution in [3.8, 4) is 0 Å². The number of amides is 3. The van der Waals surface area contributed by atoms with Gasteiger partial charge in [0.1, 0.15) is 6.04 Å². The molecule has 4 aliphatic carbocycles. The maximum atomic E-state index is 14.0. The van der Waals surface area contributed by atoms with E-state index in [-0.39, 0.29) is 28.6 Å². The molecule has 2 bridgehead atoms. The summed E-state index contributed by atoms with van der Waals surface area (Å²) in [5, 5.41) is 13.0. The van der Waals surface area contributed by atoms with Crippen molar-refractivity contribution in [1.29, 1.82) is 0 Å². The predicted molar refractivity (Wildman–Crippen MR) is 256 cm³/mol. The van der Waals surface area contributed by atoms with E-state index in [4.69, 9.17) is 0 Å². The Morgan fingerprint density at radius 1 is 0.617 bits per heavy atom. The minimum absolute atomic E-state index is 0.0274. The molecule has 1 radical (unpaired) electrons. The molecule has 0 spiro atoms. The third-order valence-electron chi connectivity index (χ3n) is 15.2. The van der Waals surface area contributed by atoms with E-state index in [2.05, 4.69) is 47.6 Å². The van der Waals surface area contributed by atoms with Crippen LogP contribution in [0.3, 0.4) is 0 Å². The Balaban J connectivity index is 1.91. The van der Waals surface area contributed by atoms with Crippen LogP contribution in [0.25, 0.3) is 0 Å². The Kier molecular flexibility index (Phi) is 28.7. The van der Waals surface area contributed by atoms with Gasteiger partial charge in [0.25, 0.3) is 0 Å². The molecule has 2 atom stereocenters. The zero-order chi connectivity index (χ0) is 43.0. The van der Waals surface area contributed by atoms with Crippen molar-refractivity contribution in [3.05, 3.63) is 12.2 Å². The highest BCUT2D eigenvalue weighted by Crippen LogP contribution is 2.57. The molecule has 7 nitrogen and oxygen atoms in total. The number of likely N-dealkylation sites (N-methyl/N-ethyl adjacent to an activating group) is 1. The molecule has 3 amide bonds. The zero-order valence-electron chi connectivity index (χ0n) is 39.8. The van der Waals surface area contributed by atoms with Crippen molar-refractivity contribution in [2.75, 3.05) is 20.1 Å². The lowest BCUT2D eigenvalue weighted by Gasteiger charge is -2.55. The first-order valence-corrected chi connectivity index (χ1v) is 26.2. The van der Waals surface area contributed by atoms with Gasteiger partial charge in [0, 0.05) is 26.9 Å². The minimum Gasteiger partial charge on any atom is -0.360 e. The van der Waals surface area contributed by atoms with Crippen molar-refractivity contribution in [2.24, 2.45) is 22.7 Å². The van der Waals surface area contributed by atoms with Crippen LogP contribution >= 0.6 is 0 Å². The third-order valence-corrected chi connectivity index (χ3v) is 15.2. The molecule has 0 aliphatic heterocycles. The van der Waals surface area contributed by atoms with Crippen LogP contribution in [0.15, 0.2) is 12.2 Å². The summed E-state index contributed by atoms with van der Waals surface area (Å²) in [5.74, 6) is 1.26. The highest BCUT2D eigenvalue weighted by molar-refractivity contribution is 6.29. The number of allylic oxidation sites excluding steroid dienone is 2. The van der Waals surface area contributed by atoms with Gasteiger partial charge in [-0.2, -0.15) is 0 Å². The largest absolute Gasteiger partial charge is 0.360 e. The predicted octanol–water partition coefficient (Wildman–Crippen LogP) is 12.8. The summed E-state index contributed by atoms with van der Waals surface area (Å²) in [4.78, 5) is 38.4. The monoisotopic (exact) mass is 836 g/mol. The van der Waals surface area contributed by atoms with E-state index in [1.807, 2.05) is 0 Å². The highest BCUT2D eigenvalue weighted by atomic mass is 16.2. The van der Waals surface area contributed by atoms with Gasteiger partial charge in [0.15, 0.2) is 0 Å². The van der Waals surface area contributed by atoms with Crippen LogP contribution in [0.2, 0.25) is 6.82 Å². The smallest absolute Gasteiger partial charge is 0.242 e. The molecule has 4 rings (SSSR count). The van der Waals surface area contributed by atoms with Crippen LogP contribution in [0, 0.1) is 22.7 Å². The van der Waals surface area contributed by atoms with Gasteiger partial charge in [-0.1, -0.05) is 173 Å². The standard InChI is InChI=1S/C52H96BN4O3/c1-45(58)57-48(50(60)54-3)35-33-36-49(59)55-43-52(51(44-56-53-2)37-30-26-22-18-14-11-12-15-19-23-27-31-38-51)39-32-28-24-20-16-10-8-6-4-5-7-9-13-17-21-25-29-34-46-40-47(41-46)42-52/h17,21,46-48,56H,4-16,18-20,22-44H2,1-3H3,(H,54,60)(H,55,59)(H,57,58)/b21-17-/t46?,47?,48-,52?/m0/s1. The first-order valence-electron chi connectivity index (χ1n) is 26.2. The van der Waals surface area contributed by atoms with Crippen molar-refractivity contribution >= 4 is 25.1 Å². The molecule has 4 aliphatic rings. The summed E-state index contributed by atoms with van der Waals surface area (Å²) in [5.41, 5.74) is 0.142. The van der Waals surface area contributed by atoms with Crippen molar-refractivity contribution in [2.45, 2.75) is 257 Å². The first-order chi connectivity index (χ1) is 29.3. The maximum Gasteiger partial charge on any atom is 0.242 e. The molecule has 0 heterocycles. The molecular weight excluding hydrogens is 739 g/mol. The fraction of sp³-hybridized carbons (Fsp3) is 0.904. The number of carbonyl (C=O) groups excluding carboxylic acids is 3. The Morgan fingerprint density at radius 2 is 1.08 bits per heavy atom. The quantitative estimate of drug-likeness (QED) is 0.116. The number of fused-ring (bicyclic) bond motifs is 19. The van der Waals surface area contributed by atoms with Crippen LogP contribution in [0.5, 0.6) is 0 Å². The third kappa shape index (κ3) is 21.5. The average Bonchev–Trinajstić information content (AvgIpc) is 3.23. The molecule has 0 saturated heterocycles. The van der Waals surface area contributed by atoms with Crippen LogP contribution in [0.1, 0.15) is 244 Å². The van der Waals surface area contributed by atoms with Gasteiger partial charge in [-0.15, -0.1) is 0 Å². The van der Waals surface area contributed by atoms with Gasteiger partial charge in [-0.3, -0.25) is 14.4 Å². The van der Waals surface area contributed by atoms with E-state index >= 15 is 0 Å². The highest BCUT2D eigenvalue weighted by Gasteiger charge is 2.51. The summed E-state index contributed by atoms with van der Waals surface area (Å²) in [7, 11) is 3.79. The number of hydrogen-bond acceptors (Lipinski definition) is 4. The molecule has 0 aromatic heterocycles. The Bertz CT molecular complexity index is 1140. The van der Waals surface area contributed by atoms with E-state index in [1.54, 1.807) is 7.05 Å². The maximum absolute atomic E-state index is 14.0. The summed E-state index contributed by atoms with van der Waals surface area (Å²) < 4.78 is 0. The number of carbonyl (C=O) groups is 3. The second-order valence-corrected chi connectivity index (χ2v) is 20.1. The molecule has 0 aromatic rings. The molecule has 345 valence electrons. The first kappa shape index (κ1) is 52.5. The Labute approximate surface area is 371 Å². The second kappa shape index (κ2) is 32.8. The lowest BCUT2D eigenvalue weighted by atomic mass is 9.51. The summed E-state index contributed by atoms with van der Waals surface area (Å²) in [6.45, 7) is 5.37. The minimum atomic E-state index is -0.610. The molecule has 8 heteroatoms. The number of nitrogens with one attached hydrogen (secondary N) is 4. The zero-order valence-corrected chi connectivity index (χ0v) is 39.8.